The molecule has 0 fully saturated rings. The number of nitrogens with zero attached hydrogens (tertiary/aromatic N) is 1. The molecule has 2 aromatic rings. The van der Waals surface area contributed by atoms with Gasteiger partial charge < -0.3 is 9.64 Å². The Morgan fingerprint density at radius 2 is 1.90 bits per heavy atom. The average Bonchev–Trinajstić information content (AvgIpc) is 2.73. The number of ether oxygens (including phenoxy) is 1. The summed E-state index contributed by atoms with van der Waals surface area (Å²) in [5.74, 6) is -0.204. The molecule has 4 nitrogen and oxygen atoms in total. The Kier molecular flexibility index (Phi) is 3.51. The van der Waals surface area contributed by atoms with Crippen LogP contribution >= 0.6 is 15.9 Å². The quantitative estimate of drug-likeness (QED) is 0.802. The van der Waals surface area contributed by atoms with Crippen LogP contribution in [0.15, 0.2) is 46.9 Å². The Hall–Kier alpha value is -2.14. The van der Waals surface area contributed by atoms with Crippen molar-refractivity contribution in [3.63, 3.8) is 0 Å². The summed E-state index contributed by atoms with van der Waals surface area (Å²) >= 11 is 3.42. The molecule has 1 aliphatic heterocycles. The van der Waals surface area contributed by atoms with E-state index in [9.17, 15) is 9.59 Å². The second kappa shape index (κ2) is 5.33. The smallest absolute Gasteiger partial charge is 0.299 e. The van der Waals surface area contributed by atoms with Gasteiger partial charge in [0.2, 0.25) is 0 Å². The summed E-state index contributed by atoms with van der Waals surface area (Å²) in [6.45, 7) is 0.351. The van der Waals surface area contributed by atoms with Gasteiger partial charge in [-0.05, 0) is 45.8 Å². The van der Waals surface area contributed by atoms with E-state index < -0.39 is 11.7 Å². The van der Waals surface area contributed by atoms with Crippen molar-refractivity contribution in [1.82, 2.24) is 0 Å². The molecular weight excluding hydrogens is 334 g/mol. The van der Waals surface area contributed by atoms with Gasteiger partial charge in [0.15, 0.2) is 0 Å². The number of benzene rings is 2. The fraction of sp³-hybridized carbons (Fsp3) is 0.125. The minimum Gasteiger partial charge on any atom is -0.496 e. The van der Waals surface area contributed by atoms with Crippen molar-refractivity contribution in [3.05, 3.63) is 58.1 Å². The van der Waals surface area contributed by atoms with Crippen LogP contribution in [0.5, 0.6) is 5.75 Å². The number of hydrogen-bond donors (Lipinski definition) is 0. The second-order valence-electron chi connectivity index (χ2n) is 4.71. The highest BCUT2D eigenvalue weighted by atomic mass is 79.9. The van der Waals surface area contributed by atoms with E-state index in [-0.39, 0.29) is 0 Å². The normalized spacial score (nSPS) is 13.5. The zero-order chi connectivity index (χ0) is 15.0. The maximum absolute atomic E-state index is 12.1. The van der Waals surface area contributed by atoms with E-state index in [1.165, 1.54) is 4.90 Å². The third kappa shape index (κ3) is 2.34. The lowest BCUT2D eigenvalue weighted by atomic mass is 10.1. The highest BCUT2D eigenvalue weighted by Crippen LogP contribution is 2.31. The van der Waals surface area contributed by atoms with Crippen molar-refractivity contribution in [2.24, 2.45) is 0 Å². The number of halogens is 1. The Morgan fingerprint density at radius 1 is 1.14 bits per heavy atom. The zero-order valence-electron chi connectivity index (χ0n) is 11.3. The fourth-order valence-corrected chi connectivity index (χ4v) is 2.98. The van der Waals surface area contributed by atoms with Crippen molar-refractivity contribution in [2.45, 2.75) is 6.54 Å². The molecule has 1 heterocycles. The van der Waals surface area contributed by atoms with Crippen LogP contribution in [0, 0.1) is 0 Å². The topological polar surface area (TPSA) is 46.6 Å². The first-order valence-corrected chi connectivity index (χ1v) is 7.18. The number of Topliss-reactive ketones (excluding diaryl/α,β-unsaturated/α-hetero) is 1. The molecule has 0 aromatic heterocycles. The molecule has 0 saturated heterocycles. The van der Waals surface area contributed by atoms with Crippen molar-refractivity contribution in [3.8, 4) is 5.75 Å². The van der Waals surface area contributed by atoms with Gasteiger partial charge in [0.05, 0.1) is 29.4 Å². The Labute approximate surface area is 130 Å². The van der Waals surface area contributed by atoms with Gasteiger partial charge in [-0.1, -0.05) is 18.2 Å². The molecule has 106 valence electrons. The molecule has 0 radical (unpaired) electrons. The third-order valence-corrected chi connectivity index (χ3v) is 4.06. The van der Waals surface area contributed by atoms with E-state index in [1.54, 1.807) is 25.3 Å². The van der Waals surface area contributed by atoms with Gasteiger partial charge in [0.25, 0.3) is 11.7 Å². The molecule has 0 atom stereocenters. The summed E-state index contributed by atoms with van der Waals surface area (Å²) in [6, 6.07) is 12.6. The molecule has 0 N–H and O–H groups in total. The molecule has 2 aromatic carbocycles. The number of ketones is 1. The maximum Gasteiger partial charge on any atom is 0.299 e. The molecule has 1 amide bonds. The standard InChI is InChI=1S/C16H12BrNO3/c1-21-14-7-6-10(8-12(14)17)9-18-13-5-3-2-4-11(13)15(19)16(18)20/h2-8H,9H2,1H3. The van der Waals surface area contributed by atoms with Gasteiger partial charge in [0, 0.05) is 0 Å². The van der Waals surface area contributed by atoms with Gasteiger partial charge in [-0.15, -0.1) is 0 Å². The number of anilines is 1. The fourth-order valence-electron chi connectivity index (χ4n) is 2.40. The van der Waals surface area contributed by atoms with Crippen LogP contribution in [0.4, 0.5) is 5.69 Å². The van der Waals surface area contributed by atoms with Crippen molar-refractivity contribution in [2.75, 3.05) is 12.0 Å². The van der Waals surface area contributed by atoms with Crippen LogP contribution in [-0.2, 0) is 11.3 Å². The van der Waals surface area contributed by atoms with E-state index in [4.69, 9.17) is 4.74 Å². The Bertz CT molecular complexity index is 742. The first-order valence-electron chi connectivity index (χ1n) is 6.39. The summed E-state index contributed by atoms with van der Waals surface area (Å²) in [5.41, 5.74) is 2.05. The van der Waals surface area contributed by atoms with E-state index in [0.717, 1.165) is 15.8 Å². The summed E-state index contributed by atoms with van der Waals surface area (Å²) < 4.78 is 6.00. The predicted octanol–water partition coefficient (Wildman–Crippen LogP) is 3.19. The largest absolute Gasteiger partial charge is 0.496 e. The number of carbonyl (C=O) groups excluding carboxylic acids is 2. The summed E-state index contributed by atoms with van der Waals surface area (Å²) in [6.07, 6.45) is 0. The summed E-state index contributed by atoms with van der Waals surface area (Å²) in [4.78, 5) is 25.6. The summed E-state index contributed by atoms with van der Waals surface area (Å²) in [7, 11) is 1.60. The van der Waals surface area contributed by atoms with Crippen molar-refractivity contribution >= 4 is 33.3 Å². The average molecular weight is 346 g/mol. The van der Waals surface area contributed by atoms with Crippen LogP contribution in [0.2, 0.25) is 0 Å². The monoisotopic (exact) mass is 345 g/mol. The number of rotatable bonds is 3. The predicted molar refractivity (Wildman–Crippen MR) is 82.7 cm³/mol. The van der Waals surface area contributed by atoms with Gasteiger partial charge >= 0.3 is 0 Å². The Morgan fingerprint density at radius 3 is 2.62 bits per heavy atom. The molecule has 0 aliphatic carbocycles. The highest BCUT2D eigenvalue weighted by Gasteiger charge is 2.35. The molecule has 0 bridgehead atoms. The molecule has 0 unspecified atom stereocenters. The summed E-state index contributed by atoms with van der Waals surface area (Å²) in [5, 5.41) is 0. The minimum absolute atomic E-state index is 0.351. The van der Waals surface area contributed by atoms with Gasteiger partial charge in [0.1, 0.15) is 5.75 Å². The van der Waals surface area contributed by atoms with Gasteiger partial charge in [-0.25, -0.2) is 0 Å². The van der Waals surface area contributed by atoms with E-state index in [1.807, 2.05) is 24.3 Å². The number of methoxy groups -OCH3 is 1. The van der Waals surface area contributed by atoms with Crippen LogP contribution in [0.3, 0.4) is 0 Å². The lowest BCUT2D eigenvalue weighted by Gasteiger charge is -2.17. The van der Waals surface area contributed by atoms with Crippen LogP contribution < -0.4 is 9.64 Å². The first-order chi connectivity index (χ1) is 10.1. The lowest BCUT2D eigenvalue weighted by Crippen LogP contribution is -2.29. The second-order valence-corrected chi connectivity index (χ2v) is 5.56. The molecule has 0 spiro atoms. The first kappa shape index (κ1) is 13.8. The highest BCUT2D eigenvalue weighted by molar-refractivity contribution is 9.10. The number of para-hydroxylation sites is 1. The van der Waals surface area contributed by atoms with Crippen LogP contribution in [0.25, 0.3) is 0 Å². The van der Waals surface area contributed by atoms with Gasteiger partial charge in [-0.3, -0.25) is 9.59 Å². The van der Waals surface area contributed by atoms with E-state index in [2.05, 4.69) is 15.9 Å². The molecular formula is C16H12BrNO3. The molecule has 0 saturated carbocycles. The SMILES string of the molecule is COc1ccc(CN2C(=O)C(=O)c3ccccc32)cc1Br. The number of hydrogen-bond acceptors (Lipinski definition) is 3. The maximum atomic E-state index is 12.1. The third-order valence-electron chi connectivity index (χ3n) is 3.44. The van der Waals surface area contributed by atoms with Gasteiger partial charge in [-0.2, -0.15) is 0 Å². The number of amides is 1. The number of fused-ring (bicyclic) bond motifs is 1. The minimum atomic E-state index is -0.483. The van der Waals surface area contributed by atoms with Crippen LogP contribution in [0.1, 0.15) is 15.9 Å². The number of carbonyl (C=O) groups is 2. The van der Waals surface area contributed by atoms with Crippen molar-refractivity contribution in [1.29, 1.82) is 0 Å². The van der Waals surface area contributed by atoms with E-state index in [0.29, 0.717) is 17.8 Å². The molecule has 3 rings (SSSR count). The molecule has 5 heteroatoms. The molecule has 1 aliphatic rings. The van der Waals surface area contributed by atoms with Crippen molar-refractivity contribution < 1.29 is 14.3 Å². The van der Waals surface area contributed by atoms with E-state index >= 15 is 0 Å². The van der Waals surface area contributed by atoms with Crippen LogP contribution in [-0.4, -0.2) is 18.8 Å². The lowest BCUT2D eigenvalue weighted by molar-refractivity contribution is -0.114. The Balaban J connectivity index is 1.93. The zero-order valence-corrected chi connectivity index (χ0v) is 12.9. The molecule has 21 heavy (non-hydrogen) atoms.